The number of halogens is 1. The molecule has 0 spiro atoms. The highest BCUT2D eigenvalue weighted by Crippen LogP contribution is 2.32. The molecule has 2 atom stereocenters. The van der Waals surface area contributed by atoms with Gasteiger partial charge in [0, 0.05) is 11.9 Å². The highest BCUT2D eigenvalue weighted by molar-refractivity contribution is 6.30. The van der Waals surface area contributed by atoms with Gasteiger partial charge in [-0.3, -0.25) is 15.6 Å². The maximum Gasteiger partial charge on any atom is 0.235 e. The monoisotopic (exact) mass is 386 g/mol. The predicted molar refractivity (Wildman–Crippen MR) is 101 cm³/mol. The van der Waals surface area contributed by atoms with E-state index in [0.29, 0.717) is 11.5 Å². The van der Waals surface area contributed by atoms with E-state index in [1.165, 1.54) is 18.8 Å². The van der Waals surface area contributed by atoms with E-state index >= 15 is 0 Å². The van der Waals surface area contributed by atoms with E-state index in [0.717, 1.165) is 29.7 Å². The second-order valence-corrected chi connectivity index (χ2v) is 6.91. The fraction of sp³-hybridized carbons (Fsp3) is 0.333. The van der Waals surface area contributed by atoms with E-state index in [2.05, 4.69) is 25.9 Å². The third-order valence-electron chi connectivity index (χ3n) is 4.48. The molecule has 3 heterocycles. The van der Waals surface area contributed by atoms with Crippen LogP contribution in [-0.2, 0) is 16.0 Å². The first-order valence-electron chi connectivity index (χ1n) is 8.71. The molecule has 2 unspecified atom stereocenters. The Morgan fingerprint density at radius 1 is 1.30 bits per heavy atom. The summed E-state index contributed by atoms with van der Waals surface area (Å²) in [6, 6.07) is 7.83. The average molecular weight is 387 g/mol. The summed E-state index contributed by atoms with van der Waals surface area (Å²) >= 11 is 5.94. The lowest BCUT2D eigenvalue weighted by Crippen LogP contribution is -2.27. The minimum atomic E-state index is -0.210. The predicted octanol–water partition coefficient (Wildman–Crippen LogP) is 2.86. The summed E-state index contributed by atoms with van der Waals surface area (Å²) in [5.41, 5.74) is 7.15. The van der Waals surface area contributed by atoms with Crippen LogP contribution in [0.4, 0.5) is 5.82 Å². The molecule has 1 aromatic carbocycles. The third-order valence-corrected chi connectivity index (χ3v) is 4.73. The van der Waals surface area contributed by atoms with Gasteiger partial charge in [-0.05, 0) is 37.0 Å². The van der Waals surface area contributed by atoms with Crippen molar-refractivity contribution in [3.63, 3.8) is 0 Å². The van der Waals surface area contributed by atoms with E-state index in [-0.39, 0.29) is 18.2 Å². The van der Waals surface area contributed by atoms with Gasteiger partial charge in [0.05, 0.1) is 17.7 Å². The van der Waals surface area contributed by atoms with Gasteiger partial charge >= 0.3 is 0 Å². The molecule has 2 aromatic heterocycles. The van der Waals surface area contributed by atoms with E-state index in [1.807, 2.05) is 24.3 Å². The van der Waals surface area contributed by atoms with Crippen LogP contribution in [0.25, 0.3) is 11.0 Å². The number of rotatable bonds is 5. The number of benzene rings is 1. The lowest BCUT2D eigenvalue weighted by molar-refractivity contribution is -0.118. The van der Waals surface area contributed by atoms with Crippen LogP contribution in [0.2, 0.25) is 5.02 Å². The van der Waals surface area contributed by atoms with Gasteiger partial charge in [0.2, 0.25) is 5.91 Å². The summed E-state index contributed by atoms with van der Waals surface area (Å²) in [6.07, 6.45) is 5.68. The summed E-state index contributed by atoms with van der Waals surface area (Å²) in [6.45, 7) is 1.42. The number of nitrogens with zero attached hydrogens (tertiary/aromatic N) is 4. The zero-order valence-corrected chi connectivity index (χ0v) is 15.5. The Hall–Kier alpha value is -2.71. The molecule has 3 aromatic rings. The molecule has 8 nitrogen and oxygen atoms in total. The van der Waals surface area contributed by atoms with Crippen LogP contribution in [0.15, 0.2) is 36.8 Å². The number of hydrazine groups is 1. The number of amides is 1. The van der Waals surface area contributed by atoms with Crippen molar-refractivity contribution in [2.24, 2.45) is 0 Å². The number of anilines is 1. The summed E-state index contributed by atoms with van der Waals surface area (Å²) < 4.78 is 7.98. The summed E-state index contributed by atoms with van der Waals surface area (Å²) in [5, 5.41) is 5.89. The minimum absolute atomic E-state index is 0.120. The van der Waals surface area contributed by atoms with Crippen molar-refractivity contribution in [3.8, 4) is 0 Å². The number of ether oxygens (including phenoxy) is 1. The Morgan fingerprint density at radius 2 is 2.11 bits per heavy atom. The lowest BCUT2D eigenvalue weighted by Gasteiger charge is -2.15. The number of carbonyl (C=O) groups excluding carboxylic acids is 1. The highest BCUT2D eigenvalue weighted by atomic mass is 35.5. The third kappa shape index (κ3) is 3.86. The fourth-order valence-electron chi connectivity index (χ4n) is 3.22. The fourth-order valence-corrected chi connectivity index (χ4v) is 3.35. The number of aromatic nitrogens is 4. The Kier molecular flexibility index (Phi) is 4.91. The summed E-state index contributed by atoms with van der Waals surface area (Å²) in [7, 11) is 0. The Labute approximate surface area is 160 Å². The molecular formula is C18H19ClN6O2. The van der Waals surface area contributed by atoms with Gasteiger partial charge in [-0.2, -0.15) is 5.10 Å². The van der Waals surface area contributed by atoms with Gasteiger partial charge in [0.1, 0.15) is 6.33 Å². The Balaban J connectivity index is 1.49. The first kappa shape index (κ1) is 17.7. The zero-order valence-electron chi connectivity index (χ0n) is 14.7. The van der Waals surface area contributed by atoms with Crippen LogP contribution in [0.1, 0.15) is 31.6 Å². The largest absolute Gasteiger partial charge is 0.353 e. The number of carbonyl (C=O) groups is 1. The molecular weight excluding hydrogens is 368 g/mol. The maximum atomic E-state index is 11.1. The van der Waals surface area contributed by atoms with Crippen molar-refractivity contribution >= 4 is 34.4 Å². The van der Waals surface area contributed by atoms with Gasteiger partial charge in [0.15, 0.2) is 17.7 Å². The molecule has 1 aliphatic rings. The second-order valence-electron chi connectivity index (χ2n) is 6.48. The first-order chi connectivity index (χ1) is 13.1. The van der Waals surface area contributed by atoms with Gasteiger partial charge in [0.25, 0.3) is 0 Å². The summed E-state index contributed by atoms with van der Waals surface area (Å²) in [5.74, 6) is 0.287. The molecule has 27 heavy (non-hydrogen) atoms. The second kappa shape index (κ2) is 7.50. The Morgan fingerprint density at radius 3 is 2.89 bits per heavy atom. The van der Waals surface area contributed by atoms with Gasteiger partial charge in [-0.15, -0.1) is 0 Å². The van der Waals surface area contributed by atoms with E-state index in [9.17, 15) is 4.79 Å². The number of fused-ring (bicyclic) bond motifs is 1. The van der Waals surface area contributed by atoms with Crippen molar-refractivity contribution in [1.82, 2.24) is 25.2 Å². The van der Waals surface area contributed by atoms with Gasteiger partial charge < -0.3 is 4.74 Å². The molecule has 1 fully saturated rings. The molecule has 0 bridgehead atoms. The normalized spacial score (nSPS) is 19.3. The SMILES string of the molecule is CC(=O)NNc1ncnc2c1cnn2C1CCC(Cc2ccc(Cl)cc2)O1. The van der Waals surface area contributed by atoms with Crippen LogP contribution in [-0.4, -0.2) is 31.8 Å². The molecule has 4 rings (SSSR count). The van der Waals surface area contributed by atoms with Crippen molar-refractivity contribution in [1.29, 1.82) is 0 Å². The topological polar surface area (TPSA) is 94.0 Å². The standard InChI is InChI=1S/C18H19ClN6O2/c1-11(26)23-24-17-15-9-22-25(18(15)21-10-20-17)16-7-6-14(27-16)8-12-2-4-13(19)5-3-12/h2-5,9-10,14,16H,6-8H2,1H3,(H,23,26)(H,20,21,24). The minimum Gasteiger partial charge on any atom is -0.353 e. The first-order valence-corrected chi connectivity index (χ1v) is 9.08. The molecule has 140 valence electrons. The molecule has 0 aliphatic carbocycles. The molecule has 9 heteroatoms. The van der Waals surface area contributed by atoms with Crippen molar-refractivity contribution in [3.05, 3.63) is 47.4 Å². The molecule has 0 radical (unpaired) electrons. The van der Waals surface area contributed by atoms with Crippen molar-refractivity contribution in [2.45, 2.75) is 38.5 Å². The van der Waals surface area contributed by atoms with E-state index < -0.39 is 0 Å². The average Bonchev–Trinajstić information content (AvgIpc) is 3.28. The van der Waals surface area contributed by atoms with Crippen LogP contribution in [0, 0.1) is 0 Å². The van der Waals surface area contributed by atoms with E-state index in [4.69, 9.17) is 16.3 Å². The van der Waals surface area contributed by atoms with Gasteiger partial charge in [-0.25, -0.2) is 14.6 Å². The van der Waals surface area contributed by atoms with Crippen LogP contribution in [0.5, 0.6) is 0 Å². The van der Waals surface area contributed by atoms with Gasteiger partial charge in [-0.1, -0.05) is 23.7 Å². The molecule has 1 saturated heterocycles. The van der Waals surface area contributed by atoms with Crippen LogP contribution < -0.4 is 10.9 Å². The molecule has 1 amide bonds. The molecule has 0 saturated carbocycles. The van der Waals surface area contributed by atoms with Crippen molar-refractivity contribution < 1.29 is 9.53 Å². The number of nitrogens with one attached hydrogen (secondary N) is 2. The quantitative estimate of drug-likeness (QED) is 0.655. The molecule has 2 N–H and O–H groups in total. The number of hydrogen-bond donors (Lipinski definition) is 2. The maximum absolute atomic E-state index is 11.1. The lowest BCUT2D eigenvalue weighted by atomic mass is 10.1. The smallest absolute Gasteiger partial charge is 0.235 e. The van der Waals surface area contributed by atoms with E-state index in [1.54, 1.807) is 10.9 Å². The highest BCUT2D eigenvalue weighted by Gasteiger charge is 2.29. The summed E-state index contributed by atoms with van der Waals surface area (Å²) in [4.78, 5) is 19.6. The molecule has 1 aliphatic heterocycles. The zero-order chi connectivity index (χ0) is 18.8. The van der Waals surface area contributed by atoms with Crippen molar-refractivity contribution in [2.75, 3.05) is 5.43 Å². The van der Waals surface area contributed by atoms with Crippen LogP contribution >= 0.6 is 11.6 Å². The Bertz CT molecular complexity index is 958. The van der Waals surface area contributed by atoms with Crippen LogP contribution in [0.3, 0.4) is 0 Å². The number of hydrogen-bond acceptors (Lipinski definition) is 6.